The molecule has 0 fully saturated rings. The lowest BCUT2D eigenvalue weighted by molar-refractivity contribution is 0.112. The number of benzene rings is 1. The van der Waals surface area contributed by atoms with Crippen LogP contribution in [0.3, 0.4) is 0 Å². The average Bonchev–Trinajstić information content (AvgIpc) is 2.25. The summed E-state index contributed by atoms with van der Waals surface area (Å²) in [6.07, 6.45) is 2.37. The van der Waals surface area contributed by atoms with Gasteiger partial charge in [-0.3, -0.25) is 4.79 Å². The Bertz CT molecular complexity index is 331. The van der Waals surface area contributed by atoms with E-state index in [9.17, 15) is 4.79 Å². The van der Waals surface area contributed by atoms with Gasteiger partial charge in [-0.2, -0.15) is 0 Å². The van der Waals surface area contributed by atoms with E-state index in [0.717, 1.165) is 6.29 Å². The second-order valence-electron chi connectivity index (χ2n) is 2.60. The Labute approximate surface area is 83.0 Å². The first-order chi connectivity index (χ1) is 6.83. The molecular weight excluding hydrogens is 180 g/mol. The fourth-order valence-electron chi connectivity index (χ4n) is 1.11. The first kappa shape index (κ1) is 10.3. The van der Waals surface area contributed by atoms with E-state index in [1.54, 1.807) is 24.3 Å². The Hall–Kier alpha value is -1.77. The summed E-state index contributed by atoms with van der Waals surface area (Å²) >= 11 is 0. The van der Waals surface area contributed by atoms with E-state index in [4.69, 9.17) is 9.47 Å². The van der Waals surface area contributed by atoms with Gasteiger partial charge < -0.3 is 9.47 Å². The molecule has 0 aromatic heterocycles. The van der Waals surface area contributed by atoms with E-state index in [0.29, 0.717) is 23.7 Å². The van der Waals surface area contributed by atoms with Gasteiger partial charge in [0.05, 0.1) is 12.7 Å². The minimum atomic E-state index is 0.388. The lowest BCUT2D eigenvalue weighted by atomic mass is 10.2. The van der Waals surface area contributed by atoms with Crippen LogP contribution >= 0.6 is 0 Å². The maximum absolute atomic E-state index is 10.7. The molecule has 0 saturated carbocycles. The van der Waals surface area contributed by atoms with Crippen LogP contribution in [0.1, 0.15) is 10.4 Å². The number of methoxy groups -OCH3 is 1. The molecule has 0 N–H and O–H groups in total. The van der Waals surface area contributed by atoms with Crippen molar-refractivity contribution in [1.29, 1.82) is 0 Å². The van der Waals surface area contributed by atoms with Crippen LogP contribution in [0.2, 0.25) is 0 Å². The van der Waals surface area contributed by atoms with Crippen LogP contribution in [0.15, 0.2) is 30.9 Å². The summed E-state index contributed by atoms with van der Waals surface area (Å²) < 4.78 is 10.4. The molecule has 1 aromatic carbocycles. The highest BCUT2D eigenvalue weighted by Crippen LogP contribution is 2.29. The smallest absolute Gasteiger partial charge is 0.171 e. The Morgan fingerprint density at radius 1 is 1.50 bits per heavy atom. The largest absolute Gasteiger partial charge is 0.492 e. The second kappa shape index (κ2) is 5.07. The molecule has 0 amide bonds. The first-order valence-corrected chi connectivity index (χ1v) is 4.19. The average molecular weight is 192 g/mol. The fraction of sp³-hybridized carbons (Fsp3) is 0.182. The number of aldehydes is 1. The molecule has 0 aliphatic rings. The van der Waals surface area contributed by atoms with Crippen molar-refractivity contribution in [1.82, 2.24) is 0 Å². The van der Waals surface area contributed by atoms with Gasteiger partial charge in [0.25, 0.3) is 0 Å². The molecule has 0 bridgehead atoms. The highest BCUT2D eigenvalue weighted by Gasteiger charge is 2.08. The standard InChI is InChI=1S/C11H12O3/c1-3-7-14-10-6-4-5-9(8-12)11(10)13-2/h3-6,8H,1,7H2,2H3. The van der Waals surface area contributed by atoms with E-state index >= 15 is 0 Å². The molecule has 14 heavy (non-hydrogen) atoms. The number of rotatable bonds is 5. The number of ether oxygens (including phenoxy) is 2. The number of carbonyl (C=O) groups excluding carboxylic acids is 1. The third-order valence-electron chi connectivity index (χ3n) is 1.70. The Morgan fingerprint density at radius 3 is 2.86 bits per heavy atom. The van der Waals surface area contributed by atoms with Gasteiger partial charge in [0.15, 0.2) is 17.8 Å². The van der Waals surface area contributed by atoms with E-state index in [-0.39, 0.29) is 0 Å². The van der Waals surface area contributed by atoms with Crippen LogP contribution in [0, 0.1) is 0 Å². The SMILES string of the molecule is C=CCOc1cccc(C=O)c1OC. The summed E-state index contributed by atoms with van der Waals surface area (Å²) in [5.41, 5.74) is 0.481. The summed E-state index contributed by atoms with van der Waals surface area (Å²) in [6, 6.07) is 5.16. The molecule has 0 aliphatic carbocycles. The van der Waals surface area contributed by atoms with Crippen LogP contribution in [0.25, 0.3) is 0 Å². The van der Waals surface area contributed by atoms with Gasteiger partial charge in [0.1, 0.15) is 6.61 Å². The second-order valence-corrected chi connectivity index (χ2v) is 2.60. The predicted molar refractivity (Wildman–Crippen MR) is 54.1 cm³/mol. The van der Waals surface area contributed by atoms with E-state index in [1.807, 2.05) is 0 Å². The number of hydrogen-bond acceptors (Lipinski definition) is 3. The van der Waals surface area contributed by atoms with E-state index in [2.05, 4.69) is 6.58 Å². The van der Waals surface area contributed by atoms with Crippen molar-refractivity contribution in [3.63, 3.8) is 0 Å². The zero-order valence-electron chi connectivity index (χ0n) is 8.03. The summed E-state index contributed by atoms with van der Waals surface area (Å²) in [5, 5.41) is 0. The minimum Gasteiger partial charge on any atom is -0.492 e. The van der Waals surface area contributed by atoms with Gasteiger partial charge in [-0.25, -0.2) is 0 Å². The topological polar surface area (TPSA) is 35.5 Å². The monoisotopic (exact) mass is 192 g/mol. The molecule has 3 heteroatoms. The Balaban J connectivity index is 3.01. The summed E-state index contributed by atoms with van der Waals surface area (Å²) in [5.74, 6) is 1.02. The normalized spacial score (nSPS) is 9.21. The van der Waals surface area contributed by atoms with Crippen molar-refractivity contribution in [2.45, 2.75) is 0 Å². The van der Waals surface area contributed by atoms with Crippen molar-refractivity contribution >= 4 is 6.29 Å². The van der Waals surface area contributed by atoms with Crippen LogP contribution in [-0.4, -0.2) is 20.0 Å². The third-order valence-corrected chi connectivity index (χ3v) is 1.70. The van der Waals surface area contributed by atoms with Crippen molar-refractivity contribution in [3.8, 4) is 11.5 Å². The zero-order valence-corrected chi connectivity index (χ0v) is 8.03. The number of carbonyl (C=O) groups is 1. The lowest BCUT2D eigenvalue weighted by Gasteiger charge is -2.10. The number of hydrogen-bond donors (Lipinski definition) is 0. The van der Waals surface area contributed by atoms with Crippen LogP contribution in [0.5, 0.6) is 11.5 Å². The zero-order chi connectivity index (χ0) is 10.4. The molecule has 0 spiro atoms. The maximum atomic E-state index is 10.7. The fourth-order valence-corrected chi connectivity index (χ4v) is 1.11. The molecule has 1 aromatic rings. The molecule has 1 rings (SSSR count). The molecule has 0 unspecified atom stereocenters. The molecule has 0 aliphatic heterocycles. The molecule has 0 radical (unpaired) electrons. The van der Waals surface area contributed by atoms with Gasteiger partial charge in [0.2, 0.25) is 0 Å². The van der Waals surface area contributed by atoms with E-state index in [1.165, 1.54) is 7.11 Å². The first-order valence-electron chi connectivity index (χ1n) is 4.19. The van der Waals surface area contributed by atoms with Crippen LogP contribution < -0.4 is 9.47 Å². The summed E-state index contributed by atoms with van der Waals surface area (Å²) in [7, 11) is 1.50. The summed E-state index contributed by atoms with van der Waals surface area (Å²) in [4.78, 5) is 10.7. The van der Waals surface area contributed by atoms with Gasteiger partial charge in [-0.1, -0.05) is 18.7 Å². The molecule has 0 saturated heterocycles. The molecule has 0 atom stereocenters. The molecule has 74 valence electrons. The van der Waals surface area contributed by atoms with E-state index < -0.39 is 0 Å². The van der Waals surface area contributed by atoms with Gasteiger partial charge in [-0.05, 0) is 12.1 Å². The van der Waals surface area contributed by atoms with Gasteiger partial charge in [0, 0.05) is 0 Å². The summed E-state index contributed by atoms with van der Waals surface area (Å²) in [6.45, 7) is 3.93. The highest BCUT2D eigenvalue weighted by atomic mass is 16.5. The van der Waals surface area contributed by atoms with Crippen molar-refractivity contribution < 1.29 is 14.3 Å². The predicted octanol–water partition coefficient (Wildman–Crippen LogP) is 2.07. The van der Waals surface area contributed by atoms with Gasteiger partial charge >= 0.3 is 0 Å². The van der Waals surface area contributed by atoms with Crippen molar-refractivity contribution in [2.75, 3.05) is 13.7 Å². The molecule has 0 heterocycles. The number of para-hydroxylation sites is 1. The maximum Gasteiger partial charge on any atom is 0.171 e. The van der Waals surface area contributed by atoms with Crippen molar-refractivity contribution in [3.05, 3.63) is 36.4 Å². The van der Waals surface area contributed by atoms with Crippen LogP contribution in [0.4, 0.5) is 0 Å². The van der Waals surface area contributed by atoms with Crippen LogP contribution in [-0.2, 0) is 0 Å². The molecular formula is C11H12O3. The van der Waals surface area contributed by atoms with Crippen molar-refractivity contribution in [2.24, 2.45) is 0 Å². The highest BCUT2D eigenvalue weighted by molar-refractivity contribution is 5.81. The quantitative estimate of drug-likeness (QED) is 0.529. The Morgan fingerprint density at radius 2 is 2.29 bits per heavy atom. The Kier molecular flexibility index (Phi) is 3.73. The lowest BCUT2D eigenvalue weighted by Crippen LogP contribution is -1.98. The molecule has 3 nitrogen and oxygen atoms in total. The van der Waals surface area contributed by atoms with Gasteiger partial charge in [-0.15, -0.1) is 0 Å². The third kappa shape index (κ3) is 2.13. The minimum absolute atomic E-state index is 0.388.